The zero-order valence-corrected chi connectivity index (χ0v) is 11.5. The number of ether oxygens (including phenoxy) is 1. The van der Waals surface area contributed by atoms with Crippen LogP contribution in [0.25, 0.3) is 0 Å². The minimum absolute atomic E-state index is 0.105. The lowest BCUT2D eigenvalue weighted by atomic mass is 10.1. The van der Waals surface area contributed by atoms with Crippen molar-refractivity contribution in [3.8, 4) is 5.75 Å². The van der Waals surface area contributed by atoms with E-state index in [2.05, 4.69) is 19.2 Å². The van der Waals surface area contributed by atoms with Crippen LogP contribution in [0.2, 0.25) is 0 Å². The maximum atomic E-state index is 11.6. The van der Waals surface area contributed by atoms with Gasteiger partial charge in [-0.3, -0.25) is 4.79 Å². The first-order chi connectivity index (χ1) is 8.59. The van der Waals surface area contributed by atoms with E-state index in [1.165, 1.54) is 0 Å². The highest BCUT2D eigenvalue weighted by atomic mass is 16.5. The maximum absolute atomic E-state index is 11.6. The number of carbonyl (C=O) groups excluding carboxylic acids is 1. The molecular formula is C15H23NO2. The van der Waals surface area contributed by atoms with Crippen molar-refractivity contribution in [2.24, 2.45) is 5.92 Å². The van der Waals surface area contributed by atoms with Crippen LogP contribution in [0.15, 0.2) is 30.3 Å². The Morgan fingerprint density at radius 1 is 1.22 bits per heavy atom. The number of benzene rings is 1. The van der Waals surface area contributed by atoms with E-state index in [0.717, 1.165) is 12.2 Å². The Labute approximate surface area is 110 Å². The number of hydrogen-bond acceptors (Lipinski definition) is 2. The largest absolute Gasteiger partial charge is 0.494 e. The fourth-order valence-electron chi connectivity index (χ4n) is 1.43. The minimum atomic E-state index is 0.105. The molecule has 1 aromatic carbocycles. The molecule has 3 nitrogen and oxygen atoms in total. The third-order valence-electron chi connectivity index (χ3n) is 2.95. The van der Waals surface area contributed by atoms with E-state index < -0.39 is 0 Å². The van der Waals surface area contributed by atoms with Gasteiger partial charge in [-0.05, 0) is 31.4 Å². The molecule has 3 heteroatoms. The van der Waals surface area contributed by atoms with Crippen LogP contribution in [0.1, 0.15) is 33.6 Å². The van der Waals surface area contributed by atoms with E-state index in [0.29, 0.717) is 18.9 Å². The predicted molar refractivity (Wildman–Crippen MR) is 73.6 cm³/mol. The Hall–Kier alpha value is -1.51. The van der Waals surface area contributed by atoms with Gasteiger partial charge in [-0.25, -0.2) is 0 Å². The van der Waals surface area contributed by atoms with Gasteiger partial charge in [0.25, 0.3) is 0 Å². The standard InChI is InChI=1S/C15H23NO2/c1-12(2)13(3)16-15(17)10-7-11-18-14-8-5-4-6-9-14/h4-6,8-9,12-13H,7,10-11H2,1-3H3,(H,16,17)/t13-/m1/s1. The lowest BCUT2D eigenvalue weighted by Crippen LogP contribution is -2.36. The van der Waals surface area contributed by atoms with Gasteiger partial charge in [0.15, 0.2) is 0 Å². The number of nitrogens with one attached hydrogen (secondary N) is 1. The first-order valence-electron chi connectivity index (χ1n) is 6.57. The Morgan fingerprint density at radius 3 is 2.50 bits per heavy atom. The van der Waals surface area contributed by atoms with Crippen LogP contribution in [0.4, 0.5) is 0 Å². The Kier molecular flexibility index (Phi) is 6.26. The second kappa shape index (κ2) is 7.75. The molecule has 0 spiro atoms. The molecule has 1 rings (SSSR count). The van der Waals surface area contributed by atoms with Gasteiger partial charge in [0.2, 0.25) is 5.91 Å². The summed E-state index contributed by atoms with van der Waals surface area (Å²) < 4.78 is 5.53. The Balaban J connectivity index is 2.13. The summed E-state index contributed by atoms with van der Waals surface area (Å²) in [5.41, 5.74) is 0. The molecule has 0 aliphatic rings. The average molecular weight is 249 g/mol. The summed E-state index contributed by atoms with van der Waals surface area (Å²) >= 11 is 0. The van der Waals surface area contributed by atoms with Crippen molar-refractivity contribution in [1.29, 1.82) is 0 Å². The van der Waals surface area contributed by atoms with Crippen molar-refractivity contribution < 1.29 is 9.53 Å². The molecule has 1 N–H and O–H groups in total. The van der Waals surface area contributed by atoms with Gasteiger partial charge in [0.1, 0.15) is 5.75 Å². The molecule has 18 heavy (non-hydrogen) atoms. The summed E-state index contributed by atoms with van der Waals surface area (Å²) in [6.45, 7) is 6.81. The lowest BCUT2D eigenvalue weighted by molar-refractivity contribution is -0.122. The maximum Gasteiger partial charge on any atom is 0.220 e. The average Bonchev–Trinajstić information content (AvgIpc) is 2.35. The first-order valence-corrected chi connectivity index (χ1v) is 6.57. The predicted octanol–water partition coefficient (Wildman–Crippen LogP) is 3.01. The molecule has 0 saturated carbocycles. The van der Waals surface area contributed by atoms with Gasteiger partial charge < -0.3 is 10.1 Å². The van der Waals surface area contributed by atoms with Gasteiger partial charge in [-0.2, -0.15) is 0 Å². The molecular weight excluding hydrogens is 226 g/mol. The third-order valence-corrected chi connectivity index (χ3v) is 2.95. The summed E-state index contributed by atoms with van der Waals surface area (Å²) in [4.78, 5) is 11.6. The van der Waals surface area contributed by atoms with Crippen molar-refractivity contribution in [3.05, 3.63) is 30.3 Å². The zero-order chi connectivity index (χ0) is 13.4. The molecule has 100 valence electrons. The van der Waals surface area contributed by atoms with Crippen LogP contribution >= 0.6 is 0 Å². The van der Waals surface area contributed by atoms with E-state index in [4.69, 9.17) is 4.74 Å². The summed E-state index contributed by atoms with van der Waals surface area (Å²) in [6, 6.07) is 9.89. The number of amides is 1. The second-order valence-corrected chi connectivity index (χ2v) is 4.87. The monoisotopic (exact) mass is 249 g/mol. The molecule has 0 fully saturated rings. The number of hydrogen-bond donors (Lipinski definition) is 1. The van der Waals surface area contributed by atoms with Crippen molar-refractivity contribution in [3.63, 3.8) is 0 Å². The van der Waals surface area contributed by atoms with Crippen LogP contribution in [-0.4, -0.2) is 18.6 Å². The fraction of sp³-hybridized carbons (Fsp3) is 0.533. The first kappa shape index (κ1) is 14.6. The smallest absolute Gasteiger partial charge is 0.220 e. The number of rotatable bonds is 7. The van der Waals surface area contributed by atoms with Gasteiger partial charge >= 0.3 is 0 Å². The summed E-state index contributed by atoms with van der Waals surface area (Å²) in [7, 11) is 0. The van der Waals surface area contributed by atoms with E-state index in [-0.39, 0.29) is 11.9 Å². The third kappa shape index (κ3) is 5.71. The molecule has 1 amide bonds. The van der Waals surface area contributed by atoms with Gasteiger partial charge in [-0.1, -0.05) is 32.0 Å². The molecule has 0 unspecified atom stereocenters. The van der Waals surface area contributed by atoms with Crippen LogP contribution < -0.4 is 10.1 Å². The van der Waals surface area contributed by atoms with Gasteiger partial charge in [0, 0.05) is 12.5 Å². The van der Waals surface area contributed by atoms with Gasteiger partial charge in [-0.15, -0.1) is 0 Å². The van der Waals surface area contributed by atoms with Crippen LogP contribution in [-0.2, 0) is 4.79 Å². The van der Waals surface area contributed by atoms with E-state index in [9.17, 15) is 4.79 Å². The summed E-state index contributed by atoms with van der Waals surface area (Å²) in [5.74, 6) is 1.43. The van der Waals surface area contributed by atoms with E-state index in [1.807, 2.05) is 37.3 Å². The fourth-order valence-corrected chi connectivity index (χ4v) is 1.43. The summed E-state index contributed by atoms with van der Waals surface area (Å²) in [6.07, 6.45) is 1.26. The summed E-state index contributed by atoms with van der Waals surface area (Å²) in [5, 5.41) is 2.98. The normalized spacial score (nSPS) is 12.2. The SMILES string of the molecule is CC(C)[C@@H](C)NC(=O)CCCOc1ccccc1. The second-order valence-electron chi connectivity index (χ2n) is 4.87. The van der Waals surface area contributed by atoms with Gasteiger partial charge in [0.05, 0.1) is 6.61 Å². The number of para-hydroxylation sites is 1. The molecule has 1 aromatic rings. The van der Waals surface area contributed by atoms with E-state index >= 15 is 0 Å². The highest BCUT2D eigenvalue weighted by Crippen LogP contribution is 2.09. The Morgan fingerprint density at radius 2 is 1.89 bits per heavy atom. The van der Waals surface area contributed by atoms with Crippen molar-refractivity contribution >= 4 is 5.91 Å². The van der Waals surface area contributed by atoms with Crippen molar-refractivity contribution in [2.75, 3.05) is 6.61 Å². The van der Waals surface area contributed by atoms with E-state index in [1.54, 1.807) is 0 Å². The quantitative estimate of drug-likeness (QED) is 0.754. The molecule has 0 radical (unpaired) electrons. The molecule has 0 aromatic heterocycles. The van der Waals surface area contributed by atoms with Crippen LogP contribution in [0, 0.1) is 5.92 Å². The molecule has 0 saturated heterocycles. The van der Waals surface area contributed by atoms with Crippen molar-refractivity contribution in [1.82, 2.24) is 5.32 Å². The number of carbonyl (C=O) groups is 1. The lowest BCUT2D eigenvalue weighted by Gasteiger charge is -2.17. The van der Waals surface area contributed by atoms with Crippen LogP contribution in [0.3, 0.4) is 0 Å². The molecule has 0 aliphatic carbocycles. The molecule has 0 heterocycles. The zero-order valence-electron chi connectivity index (χ0n) is 11.5. The molecule has 0 bridgehead atoms. The molecule has 0 aliphatic heterocycles. The van der Waals surface area contributed by atoms with Crippen LogP contribution in [0.5, 0.6) is 5.75 Å². The minimum Gasteiger partial charge on any atom is -0.494 e. The highest BCUT2D eigenvalue weighted by molar-refractivity contribution is 5.76. The van der Waals surface area contributed by atoms with Crippen molar-refractivity contribution in [2.45, 2.75) is 39.7 Å². The topological polar surface area (TPSA) is 38.3 Å². The highest BCUT2D eigenvalue weighted by Gasteiger charge is 2.10. The Bertz CT molecular complexity index is 349. The molecule has 1 atom stereocenters.